The fraction of sp³-hybridized carbons (Fsp3) is 0.867. The Morgan fingerprint density at radius 2 is 1.59 bits per heavy atom. The van der Waals surface area contributed by atoms with E-state index in [0.29, 0.717) is 11.8 Å². The number of rotatable bonds is 9. The molecule has 0 aliphatic rings. The monoisotopic (exact) mass is 242 g/mol. The van der Waals surface area contributed by atoms with Crippen LogP contribution >= 0.6 is 0 Å². The SMILES string of the molecule is CCOC(OCC)C(C)C(C)CCC=C(C)C. The average molecular weight is 242 g/mol. The van der Waals surface area contributed by atoms with Crippen LogP contribution in [0.25, 0.3) is 0 Å². The van der Waals surface area contributed by atoms with E-state index in [0.717, 1.165) is 19.6 Å². The fourth-order valence-electron chi connectivity index (χ4n) is 1.85. The molecule has 0 radical (unpaired) electrons. The van der Waals surface area contributed by atoms with Crippen LogP contribution in [0.15, 0.2) is 11.6 Å². The van der Waals surface area contributed by atoms with E-state index in [9.17, 15) is 0 Å². The Kier molecular flexibility index (Phi) is 9.47. The molecule has 17 heavy (non-hydrogen) atoms. The summed E-state index contributed by atoms with van der Waals surface area (Å²) in [5, 5.41) is 0. The Bertz CT molecular complexity index is 201. The molecule has 0 amide bonds. The van der Waals surface area contributed by atoms with Gasteiger partial charge in [0.05, 0.1) is 0 Å². The van der Waals surface area contributed by atoms with Gasteiger partial charge in [-0.3, -0.25) is 0 Å². The maximum Gasteiger partial charge on any atom is 0.160 e. The van der Waals surface area contributed by atoms with E-state index in [2.05, 4.69) is 33.8 Å². The minimum absolute atomic E-state index is 0.0493. The van der Waals surface area contributed by atoms with Crippen LogP contribution in [0.3, 0.4) is 0 Å². The Morgan fingerprint density at radius 3 is 2.00 bits per heavy atom. The predicted molar refractivity (Wildman–Crippen MR) is 74.0 cm³/mol. The molecule has 0 fully saturated rings. The molecular weight excluding hydrogens is 212 g/mol. The van der Waals surface area contributed by atoms with Gasteiger partial charge in [-0.2, -0.15) is 0 Å². The van der Waals surface area contributed by atoms with E-state index in [1.165, 1.54) is 12.0 Å². The quantitative estimate of drug-likeness (QED) is 0.440. The highest BCUT2D eigenvalue weighted by atomic mass is 16.7. The molecule has 102 valence electrons. The summed E-state index contributed by atoms with van der Waals surface area (Å²) in [6.07, 6.45) is 4.60. The van der Waals surface area contributed by atoms with Gasteiger partial charge in [-0.1, -0.05) is 25.5 Å². The van der Waals surface area contributed by atoms with Crippen molar-refractivity contribution in [1.29, 1.82) is 0 Å². The first-order chi connectivity index (χ1) is 8.02. The minimum atomic E-state index is -0.0493. The summed E-state index contributed by atoms with van der Waals surface area (Å²) in [4.78, 5) is 0. The van der Waals surface area contributed by atoms with Crippen LogP contribution < -0.4 is 0 Å². The van der Waals surface area contributed by atoms with Crippen molar-refractivity contribution in [2.24, 2.45) is 11.8 Å². The maximum absolute atomic E-state index is 5.66. The molecule has 0 bridgehead atoms. The highest BCUT2D eigenvalue weighted by molar-refractivity contribution is 4.93. The molecule has 0 aromatic rings. The van der Waals surface area contributed by atoms with Crippen LogP contribution in [0, 0.1) is 11.8 Å². The largest absolute Gasteiger partial charge is 0.353 e. The minimum Gasteiger partial charge on any atom is -0.353 e. The van der Waals surface area contributed by atoms with Gasteiger partial charge in [0, 0.05) is 19.1 Å². The normalized spacial score (nSPS) is 14.8. The summed E-state index contributed by atoms with van der Waals surface area (Å²) in [5.41, 5.74) is 1.40. The molecule has 2 nitrogen and oxygen atoms in total. The summed E-state index contributed by atoms with van der Waals surface area (Å²) in [7, 11) is 0. The second-order valence-corrected chi connectivity index (χ2v) is 4.97. The lowest BCUT2D eigenvalue weighted by Gasteiger charge is -2.28. The Balaban J connectivity index is 4.13. The number of ether oxygens (including phenoxy) is 2. The Hall–Kier alpha value is -0.340. The Morgan fingerprint density at radius 1 is 1.06 bits per heavy atom. The van der Waals surface area contributed by atoms with Crippen molar-refractivity contribution in [3.05, 3.63) is 11.6 Å². The standard InChI is InChI=1S/C15H30O2/c1-7-16-15(17-8-2)14(6)13(5)11-9-10-12(3)4/h10,13-15H,7-9,11H2,1-6H3. The zero-order chi connectivity index (χ0) is 13.3. The van der Waals surface area contributed by atoms with Crippen molar-refractivity contribution in [1.82, 2.24) is 0 Å². The van der Waals surface area contributed by atoms with E-state index < -0.39 is 0 Å². The van der Waals surface area contributed by atoms with Crippen LogP contribution in [0.5, 0.6) is 0 Å². The van der Waals surface area contributed by atoms with Crippen LogP contribution in [0.2, 0.25) is 0 Å². The number of allylic oxidation sites excluding steroid dienone is 2. The molecule has 0 aliphatic heterocycles. The van der Waals surface area contributed by atoms with Crippen LogP contribution in [0.1, 0.15) is 54.4 Å². The van der Waals surface area contributed by atoms with Crippen molar-refractivity contribution in [3.63, 3.8) is 0 Å². The second-order valence-electron chi connectivity index (χ2n) is 4.97. The molecule has 0 aromatic heterocycles. The fourth-order valence-corrected chi connectivity index (χ4v) is 1.85. The Labute approximate surface area is 107 Å². The summed E-state index contributed by atoms with van der Waals surface area (Å²) in [6.45, 7) is 14.3. The van der Waals surface area contributed by atoms with Crippen LogP contribution in [0.4, 0.5) is 0 Å². The molecule has 0 spiro atoms. The molecule has 2 atom stereocenters. The van der Waals surface area contributed by atoms with Crippen molar-refractivity contribution in [3.8, 4) is 0 Å². The highest BCUT2D eigenvalue weighted by Gasteiger charge is 2.22. The lowest BCUT2D eigenvalue weighted by atomic mass is 9.90. The van der Waals surface area contributed by atoms with Gasteiger partial charge in [0.15, 0.2) is 6.29 Å². The maximum atomic E-state index is 5.66. The summed E-state index contributed by atoms with van der Waals surface area (Å²) >= 11 is 0. The van der Waals surface area contributed by atoms with Crippen molar-refractivity contribution < 1.29 is 9.47 Å². The van der Waals surface area contributed by atoms with E-state index in [1.54, 1.807) is 0 Å². The third kappa shape index (κ3) is 7.56. The molecule has 2 unspecified atom stereocenters. The molecule has 0 saturated heterocycles. The smallest absolute Gasteiger partial charge is 0.160 e. The van der Waals surface area contributed by atoms with Gasteiger partial charge in [0.25, 0.3) is 0 Å². The molecule has 0 aliphatic carbocycles. The molecule has 0 N–H and O–H groups in total. The molecule has 0 heterocycles. The topological polar surface area (TPSA) is 18.5 Å². The predicted octanol–water partition coefficient (Wildman–Crippen LogP) is 4.40. The first-order valence-electron chi connectivity index (χ1n) is 6.89. The van der Waals surface area contributed by atoms with Gasteiger partial charge in [0.2, 0.25) is 0 Å². The van der Waals surface area contributed by atoms with Crippen LogP contribution in [-0.2, 0) is 9.47 Å². The molecule has 0 aromatic carbocycles. The van der Waals surface area contributed by atoms with Gasteiger partial charge in [0.1, 0.15) is 0 Å². The third-order valence-electron chi connectivity index (χ3n) is 3.16. The zero-order valence-electron chi connectivity index (χ0n) is 12.5. The lowest BCUT2D eigenvalue weighted by Crippen LogP contribution is -2.29. The van der Waals surface area contributed by atoms with Crippen LogP contribution in [-0.4, -0.2) is 19.5 Å². The highest BCUT2D eigenvalue weighted by Crippen LogP contribution is 2.23. The first kappa shape index (κ1) is 16.7. The lowest BCUT2D eigenvalue weighted by molar-refractivity contribution is -0.172. The van der Waals surface area contributed by atoms with E-state index in [4.69, 9.17) is 9.47 Å². The first-order valence-corrected chi connectivity index (χ1v) is 6.89. The van der Waals surface area contributed by atoms with Crippen molar-refractivity contribution in [2.45, 2.75) is 60.7 Å². The molecule has 0 saturated carbocycles. The zero-order valence-corrected chi connectivity index (χ0v) is 12.5. The summed E-state index contributed by atoms with van der Waals surface area (Å²) in [5.74, 6) is 1.06. The van der Waals surface area contributed by atoms with E-state index >= 15 is 0 Å². The summed E-state index contributed by atoms with van der Waals surface area (Å²) < 4.78 is 11.3. The van der Waals surface area contributed by atoms with E-state index in [1.807, 2.05) is 13.8 Å². The van der Waals surface area contributed by atoms with Crippen molar-refractivity contribution >= 4 is 0 Å². The molecule has 2 heteroatoms. The number of hydrogen-bond acceptors (Lipinski definition) is 2. The summed E-state index contributed by atoms with van der Waals surface area (Å²) in [6, 6.07) is 0. The van der Waals surface area contributed by atoms with Gasteiger partial charge in [-0.05, 0) is 46.5 Å². The van der Waals surface area contributed by atoms with Gasteiger partial charge >= 0.3 is 0 Å². The van der Waals surface area contributed by atoms with Gasteiger partial charge in [-0.25, -0.2) is 0 Å². The van der Waals surface area contributed by atoms with Crippen molar-refractivity contribution in [2.75, 3.05) is 13.2 Å². The second kappa shape index (κ2) is 9.67. The van der Waals surface area contributed by atoms with Gasteiger partial charge in [-0.15, -0.1) is 0 Å². The third-order valence-corrected chi connectivity index (χ3v) is 3.16. The average Bonchev–Trinajstić information content (AvgIpc) is 2.27. The molecule has 0 rings (SSSR count). The number of hydrogen-bond donors (Lipinski definition) is 0. The van der Waals surface area contributed by atoms with E-state index in [-0.39, 0.29) is 6.29 Å². The molecular formula is C15H30O2. The van der Waals surface area contributed by atoms with Gasteiger partial charge < -0.3 is 9.47 Å².